The molecule has 1 aromatic carbocycles. The number of aromatic nitrogens is 3. The van der Waals surface area contributed by atoms with Gasteiger partial charge in [0.1, 0.15) is 5.75 Å². The number of hydrogen-bond acceptors (Lipinski definition) is 4. The van der Waals surface area contributed by atoms with E-state index in [1.54, 1.807) is 11.6 Å². The van der Waals surface area contributed by atoms with E-state index in [-0.39, 0.29) is 0 Å². The topological polar surface area (TPSA) is 65.4 Å². The number of nitrogens with two attached hydrogens (primary N) is 1. The summed E-state index contributed by atoms with van der Waals surface area (Å²) in [6.45, 7) is 1.92. The van der Waals surface area contributed by atoms with Crippen LogP contribution in [0, 0.1) is 6.92 Å². The number of anilines is 1. The molecule has 2 heterocycles. The average molecular weight is 254 g/mol. The van der Waals surface area contributed by atoms with E-state index in [4.69, 9.17) is 10.5 Å². The molecule has 0 saturated carbocycles. The van der Waals surface area contributed by atoms with Gasteiger partial charge in [-0.25, -0.2) is 9.50 Å². The van der Waals surface area contributed by atoms with Crippen LogP contribution < -0.4 is 10.5 Å². The fourth-order valence-electron chi connectivity index (χ4n) is 2.03. The number of ether oxygens (including phenoxy) is 1. The Labute approximate surface area is 110 Å². The summed E-state index contributed by atoms with van der Waals surface area (Å²) < 4.78 is 7.08. The predicted molar refractivity (Wildman–Crippen MR) is 74.1 cm³/mol. The van der Waals surface area contributed by atoms with E-state index in [0.29, 0.717) is 11.5 Å². The number of nitrogen functional groups attached to an aromatic ring is 1. The second-order valence-corrected chi connectivity index (χ2v) is 4.28. The van der Waals surface area contributed by atoms with Crippen molar-refractivity contribution < 1.29 is 4.74 Å². The Morgan fingerprint density at radius 1 is 1.16 bits per heavy atom. The number of rotatable bonds is 2. The van der Waals surface area contributed by atoms with Gasteiger partial charge in [0.25, 0.3) is 0 Å². The Bertz CT molecular complexity index is 748. The number of benzene rings is 1. The molecule has 0 radical (unpaired) electrons. The summed E-state index contributed by atoms with van der Waals surface area (Å²) in [5.74, 6) is 1.38. The fraction of sp³-hybridized carbons (Fsp3) is 0.143. The average Bonchev–Trinajstić information content (AvgIpc) is 2.87. The van der Waals surface area contributed by atoms with Gasteiger partial charge in [0.2, 0.25) is 0 Å². The zero-order valence-corrected chi connectivity index (χ0v) is 10.8. The number of pyridine rings is 1. The van der Waals surface area contributed by atoms with Gasteiger partial charge in [-0.1, -0.05) is 12.1 Å². The van der Waals surface area contributed by atoms with Gasteiger partial charge in [-0.2, -0.15) is 0 Å². The van der Waals surface area contributed by atoms with Gasteiger partial charge < -0.3 is 10.5 Å². The van der Waals surface area contributed by atoms with Crippen molar-refractivity contribution in [3.63, 3.8) is 0 Å². The Kier molecular flexibility index (Phi) is 2.59. The minimum absolute atomic E-state index is 0.631. The normalized spacial score (nSPS) is 10.8. The molecule has 0 aliphatic heterocycles. The van der Waals surface area contributed by atoms with Crippen LogP contribution in [0.2, 0.25) is 0 Å². The van der Waals surface area contributed by atoms with Crippen LogP contribution in [0.3, 0.4) is 0 Å². The predicted octanol–water partition coefficient (Wildman–Crippen LogP) is 2.30. The molecule has 0 saturated heterocycles. The van der Waals surface area contributed by atoms with Crippen LogP contribution in [-0.2, 0) is 0 Å². The molecule has 5 nitrogen and oxygen atoms in total. The van der Waals surface area contributed by atoms with Crippen LogP contribution in [0.15, 0.2) is 36.4 Å². The first-order chi connectivity index (χ1) is 9.20. The molecule has 19 heavy (non-hydrogen) atoms. The van der Waals surface area contributed by atoms with Crippen molar-refractivity contribution in [1.29, 1.82) is 0 Å². The van der Waals surface area contributed by atoms with Crippen LogP contribution in [0.4, 0.5) is 5.69 Å². The molecular weight excluding hydrogens is 240 g/mol. The van der Waals surface area contributed by atoms with Gasteiger partial charge in [-0.15, -0.1) is 5.10 Å². The SMILES string of the molecule is COc1ccccc1-c1nc2ccc(N)c(C)n2n1. The van der Waals surface area contributed by atoms with Crippen LogP contribution in [0.1, 0.15) is 5.69 Å². The molecule has 2 aromatic heterocycles. The van der Waals surface area contributed by atoms with Crippen LogP contribution >= 0.6 is 0 Å². The highest BCUT2D eigenvalue weighted by molar-refractivity contribution is 5.66. The number of methoxy groups -OCH3 is 1. The Morgan fingerprint density at radius 3 is 2.74 bits per heavy atom. The first kappa shape index (κ1) is 11.5. The van der Waals surface area contributed by atoms with Crippen molar-refractivity contribution in [3.05, 3.63) is 42.1 Å². The van der Waals surface area contributed by atoms with Gasteiger partial charge in [-0.05, 0) is 31.2 Å². The minimum Gasteiger partial charge on any atom is -0.496 e. The van der Waals surface area contributed by atoms with E-state index >= 15 is 0 Å². The lowest BCUT2D eigenvalue weighted by atomic mass is 10.2. The lowest BCUT2D eigenvalue weighted by Gasteiger charge is -2.03. The molecule has 5 heteroatoms. The van der Waals surface area contributed by atoms with Crippen molar-refractivity contribution in [2.24, 2.45) is 0 Å². The third-order valence-corrected chi connectivity index (χ3v) is 3.13. The molecule has 0 spiro atoms. The first-order valence-electron chi connectivity index (χ1n) is 5.96. The van der Waals surface area contributed by atoms with E-state index in [0.717, 1.165) is 22.7 Å². The number of nitrogens with zero attached hydrogens (tertiary/aromatic N) is 3. The molecule has 0 aliphatic rings. The van der Waals surface area contributed by atoms with Crippen LogP contribution in [-0.4, -0.2) is 21.7 Å². The zero-order valence-electron chi connectivity index (χ0n) is 10.8. The Hall–Kier alpha value is -2.56. The molecule has 0 fully saturated rings. The van der Waals surface area contributed by atoms with Crippen molar-refractivity contribution in [2.75, 3.05) is 12.8 Å². The molecule has 96 valence electrons. The van der Waals surface area contributed by atoms with Crippen LogP contribution in [0.5, 0.6) is 5.75 Å². The van der Waals surface area contributed by atoms with E-state index in [1.807, 2.05) is 43.3 Å². The van der Waals surface area contributed by atoms with Crippen molar-refractivity contribution in [1.82, 2.24) is 14.6 Å². The Morgan fingerprint density at radius 2 is 1.95 bits per heavy atom. The van der Waals surface area contributed by atoms with Crippen molar-refractivity contribution in [2.45, 2.75) is 6.92 Å². The van der Waals surface area contributed by atoms with Crippen molar-refractivity contribution in [3.8, 4) is 17.1 Å². The summed E-state index contributed by atoms with van der Waals surface area (Å²) in [6, 6.07) is 11.4. The van der Waals surface area contributed by atoms with Gasteiger partial charge in [0.05, 0.1) is 24.1 Å². The number of aryl methyl sites for hydroxylation is 1. The maximum Gasteiger partial charge on any atom is 0.185 e. The largest absolute Gasteiger partial charge is 0.496 e. The summed E-state index contributed by atoms with van der Waals surface area (Å²) >= 11 is 0. The molecule has 0 bridgehead atoms. The third kappa shape index (κ3) is 1.79. The van der Waals surface area contributed by atoms with E-state index in [9.17, 15) is 0 Å². The standard InChI is InChI=1S/C14H14N4O/c1-9-11(15)7-8-13-16-14(17-18(9)13)10-5-3-4-6-12(10)19-2/h3-8H,15H2,1-2H3. The summed E-state index contributed by atoms with van der Waals surface area (Å²) in [7, 11) is 1.64. The lowest BCUT2D eigenvalue weighted by Crippen LogP contribution is -1.99. The molecule has 0 unspecified atom stereocenters. The second-order valence-electron chi connectivity index (χ2n) is 4.28. The summed E-state index contributed by atoms with van der Waals surface area (Å²) in [5.41, 5.74) is 9.09. The molecule has 3 rings (SSSR count). The quantitative estimate of drug-likeness (QED) is 0.762. The highest BCUT2D eigenvalue weighted by Gasteiger charge is 2.12. The number of fused-ring (bicyclic) bond motifs is 1. The van der Waals surface area contributed by atoms with Crippen LogP contribution in [0.25, 0.3) is 17.0 Å². The number of hydrogen-bond donors (Lipinski definition) is 1. The summed E-state index contributed by atoms with van der Waals surface area (Å²) in [4.78, 5) is 4.51. The van der Waals surface area contributed by atoms with Gasteiger partial charge >= 0.3 is 0 Å². The monoisotopic (exact) mass is 254 g/mol. The third-order valence-electron chi connectivity index (χ3n) is 3.13. The highest BCUT2D eigenvalue weighted by atomic mass is 16.5. The fourth-order valence-corrected chi connectivity index (χ4v) is 2.03. The maximum absolute atomic E-state index is 5.88. The smallest absolute Gasteiger partial charge is 0.185 e. The van der Waals surface area contributed by atoms with E-state index in [1.165, 1.54) is 0 Å². The first-order valence-corrected chi connectivity index (χ1v) is 5.96. The summed E-state index contributed by atoms with van der Waals surface area (Å²) in [5, 5.41) is 4.50. The van der Waals surface area contributed by atoms with Gasteiger partial charge in [-0.3, -0.25) is 0 Å². The summed E-state index contributed by atoms with van der Waals surface area (Å²) in [6.07, 6.45) is 0. The van der Waals surface area contributed by atoms with E-state index < -0.39 is 0 Å². The molecule has 0 aliphatic carbocycles. The Balaban J connectivity index is 2.24. The number of para-hydroxylation sites is 1. The van der Waals surface area contributed by atoms with E-state index in [2.05, 4.69) is 10.1 Å². The lowest BCUT2D eigenvalue weighted by molar-refractivity contribution is 0.416. The molecular formula is C14H14N4O. The second kappa shape index (κ2) is 4.28. The maximum atomic E-state index is 5.88. The zero-order chi connectivity index (χ0) is 13.4. The highest BCUT2D eigenvalue weighted by Crippen LogP contribution is 2.27. The molecule has 3 aromatic rings. The molecule has 2 N–H and O–H groups in total. The molecule has 0 amide bonds. The van der Waals surface area contributed by atoms with Gasteiger partial charge in [0.15, 0.2) is 11.5 Å². The minimum atomic E-state index is 0.631. The van der Waals surface area contributed by atoms with Crippen molar-refractivity contribution >= 4 is 11.3 Å². The van der Waals surface area contributed by atoms with Gasteiger partial charge in [0, 0.05) is 0 Å². The molecule has 0 atom stereocenters.